The average Bonchev–Trinajstić information content (AvgIpc) is 2.60. The van der Waals surface area contributed by atoms with Gasteiger partial charge in [-0.25, -0.2) is 0 Å². The van der Waals surface area contributed by atoms with Gasteiger partial charge in [-0.3, -0.25) is 9.59 Å². The summed E-state index contributed by atoms with van der Waals surface area (Å²) in [7, 11) is 3.54. The summed E-state index contributed by atoms with van der Waals surface area (Å²) in [6.07, 6.45) is 2.36. The van der Waals surface area contributed by atoms with Crippen LogP contribution in [-0.4, -0.2) is 50.0 Å². The zero-order chi connectivity index (χ0) is 17.5. The number of nitrogens with one attached hydrogen (secondary N) is 2. The number of ether oxygens (including phenoxy) is 1. The molecule has 2 amide bonds. The molecule has 1 saturated heterocycles. The van der Waals surface area contributed by atoms with Crippen molar-refractivity contribution in [2.24, 2.45) is 0 Å². The fourth-order valence-electron chi connectivity index (χ4n) is 3.08. The van der Waals surface area contributed by atoms with E-state index in [1.807, 2.05) is 36.2 Å². The van der Waals surface area contributed by atoms with Crippen molar-refractivity contribution in [3.8, 4) is 5.75 Å². The number of carbonyl (C=O) groups excluding carboxylic acids is 2. The van der Waals surface area contributed by atoms with E-state index in [0.29, 0.717) is 6.04 Å². The van der Waals surface area contributed by atoms with Crippen molar-refractivity contribution in [3.63, 3.8) is 0 Å². The lowest BCUT2D eigenvalue weighted by Gasteiger charge is -2.33. The lowest BCUT2D eigenvalue weighted by molar-refractivity contribution is -0.133. The minimum atomic E-state index is -0.323. The Morgan fingerprint density at radius 1 is 1.33 bits per heavy atom. The Bertz CT molecular complexity index is 559. The standard InChI is InChI=1S/C18H27N3O3/c1-13(22)20-17(14-6-8-16(24-3)9-7-14)11-18(23)21-10-4-5-15(12-21)19-2/h6-9,15,17,19H,4-5,10-12H2,1-3H3,(H,20,22)/t15-,17-/m1/s1. The van der Waals surface area contributed by atoms with E-state index in [0.717, 1.165) is 37.2 Å². The molecule has 2 N–H and O–H groups in total. The van der Waals surface area contributed by atoms with Gasteiger partial charge in [0.05, 0.1) is 19.6 Å². The zero-order valence-corrected chi connectivity index (χ0v) is 14.7. The minimum absolute atomic E-state index is 0.0736. The molecule has 1 aromatic rings. The summed E-state index contributed by atoms with van der Waals surface area (Å²) in [5.74, 6) is 0.680. The first kappa shape index (κ1) is 18.3. The first-order valence-electron chi connectivity index (χ1n) is 8.39. The van der Waals surface area contributed by atoms with Gasteiger partial charge in [-0.2, -0.15) is 0 Å². The number of carbonyl (C=O) groups is 2. The molecule has 132 valence electrons. The Morgan fingerprint density at radius 3 is 2.62 bits per heavy atom. The molecule has 1 aromatic carbocycles. The van der Waals surface area contributed by atoms with Crippen LogP contribution in [0.25, 0.3) is 0 Å². The maximum atomic E-state index is 12.7. The molecule has 0 unspecified atom stereocenters. The third kappa shape index (κ3) is 4.96. The number of amides is 2. The summed E-state index contributed by atoms with van der Waals surface area (Å²) in [5, 5.41) is 6.13. The number of benzene rings is 1. The number of piperidine rings is 1. The molecule has 6 nitrogen and oxygen atoms in total. The maximum Gasteiger partial charge on any atom is 0.225 e. The number of hydrogen-bond acceptors (Lipinski definition) is 4. The van der Waals surface area contributed by atoms with E-state index in [4.69, 9.17) is 4.74 Å². The second kappa shape index (κ2) is 8.68. The minimum Gasteiger partial charge on any atom is -0.497 e. The van der Waals surface area contributed by atoms with Crippen molar-refractivity contribution < 1.29 is 14.3 Å². The van der Waals surface area contributed by atoms with Crippen LogP contribution in [0, 0.1) is 0 Å². The van der Waals surface area contributed by atoms with Crippen LogP contribution in [0.1, 0.15) is 37.8 Å². The summed E-state index contributed by atoms with van der Waals surface area (Å²) in [6, 6.07) is 7.48. The Hall–Kier alpha value is -2.08. The fraction of sp³-hybridized carbons (Fsp3) is 0.556. The Kier molecular flexibility index (Phi) is 6.61. The van der Waals surface area contributed by atoms with E-state index >= 15 is 0 Å². The van der Waals surface area contributed by atoms with Gasteiger partial charge < -0.3 is 20.3 Å². The largest absolute Gasteiger partial charge is 0.497 e. The van der Waals surface area contributed by atoms with Crippen LogP contribution in [0.5, 0.6) is 5.75 Å². The third-order valence-corrected chi connectivity index (χ3v) is 4.46. The van der Waals surface area contributed by atoms with E-state index in [-0.39, 0.29) is 24.3 Å². The predicted molar refractivity (Wildman–Crippen MR) is 92.8 cm³/mol. The highest BCUT2D eigenvalue weighted by atomic mass is 16.5. The summed E-state index contributed by atoms with van der Waals surface area (Å²) in [4.78, 5) is 26.1. The molecule has 1 heterocycles. The molecule has 1 fully saturated rings. The highest BCUT2D eigenvalue weighted by Crippen LogP contribution is 2.22. The molecule has 0 aliphatic carbocycles. The number of methoxy groups -OCH3 is 1. The molecule has 0 aromatic heterocycles. The molecule has 6 heteroatoms. The van der Waals surface area contributed by atoms with Crippen LogP contribution < -0.4 is 15.4 Å². The van der Waals surface area contributed by atoms with E-state index < -0.39 is 0 Å². The molecular weight excluding hydrogens is 306 g/mol. The van der Waals surface area contributed by atoms with Gasteiger partial charge in [0, 0.05) is 26.1 Å². The maximum absolute atomic E-state index is 12.7. The molecule has 1 aliphatic heterocycles. The Morgan fingerprint density at radius 2 is 2.04 bits per heavy atom. The van der Waals surface area contributed by atoms with Crippen LogP contribution in [-0.2, 0) is 9.59 Å². The molecule has 0 radical (unpaired) electrons. The van der Waals surface area contributed by atoms with Crippen molar-refractivity contribution in [1.82, 2.24) is 15.5 Å². The van der Waals surface area contributed by atoms with Crippen molar-refractivity contribution in [2.45, 2.75) is 38.3 Å². The van der Waals surface area contributed by atoms with Gasteiger partial charge in [0.25, 0.3) is 0 Å². The summed E-state index contributed by atoms with van der Waals surface area (Å²) < 4.78 is 5.16. The molecule has 24 heavy (non-hydrogen) atoms. The van der Waals surface area contributed by atoms with Gasteiger partial charge in [0.15, 0.2) is 0 Å². The summed E-state index contributed by atoms with van der Waals surface area (Å²) in [6.45, 7) is 2.98. The van der Waals surface area contributed by atoms with Crippen LogP contribution in [0.2, 0.25) is 0 Å². The summed E-state index contributed by atoms with van der Waals surface area (Å²) in [5.41, 5.74) is 0.904. The second-order valence-electron chi connectivity index (χ2n) is 6.20. The first-order valence-corrected chi connectivity index (χ1v) is 8.39. The monoisotopic (exact) mass is 333 g/mol. The van der Waals surface area contributed by atoms with Crippen LogP contribution in [0.15, 0.2) is 24.3 Å². The topological polar surface area (TPSA) is 70.7 Å². The van der Waals surface area contributed by atoms with Crippen molar-refractivity contribution in [2.75, 3.05) is 27.2 Å². The Balaban J connectivity index is 2.07. The van der Waals surface area contributed by atoms with E-state index in [1.165, 1.54) is 6.92 Å². The fourth-order valence-corrected chi connectivity index (χ4v) is 3.08. The van der Waals surface area contributed by atoms with Gasteiger partial charge >= 0.3 is 0 Å². The normalized spacial score (nSPS) is 18.8. The first-order chi connectivity index (χ1) is 11.5. The van der Waals surface area contributed by atoms with Gasteiger partial charge in [0.1, 0.15) is 5.75 Å². The number of likely N-dealkylation sites (N-methyl/N-ethyl adjacent to an activating group) is 1. The van der Waals surface area contributed by atoms with Crippen molar-refractivity contribution in [1.29, 1.82) is 0 Å². The Labute approximate surface area is 143 Å². The van der Waals surface area contributed by atoms with E-state index in [1.54, 1.807) is 7.11 Å². The smallest absolute Gasteiger partial charge is 0.225 e. The van der Waals surface area contributed by atoms with E-state index in [9.17, 15) is 9.59 Å². The van der Waals surface area contributed by atoms with Gasteiger partial charge in [-0.05, 0) is 37.6 Å². The summed E-state index contributed by atoms with van der Waals surface area (Å²) >= 11 is 0. The predicted octanol–water partition coefficient (Wildman–Crippen LogP) is 1.47. The van der Waals surface area contributed by atoms with Crippen LogP contribution >= 0.6 is 0 Å². The molecular formula is C18H27N3O3. The lowest BCUT2D eigenvalue weighted by Crippen LogP contribution is -2.47. The highest BCUT2D eigenvalue weighted by Gasteiger charge is 2.25. The van der Waals surface area contributed by atoms with E-state index in [2.05, 4.69) is 10.6 Å². The number of likely N-dealkylation sites (tertiary alicyclic amines) is 1. The molecule has 2 rings (SSSR count). The number of hydrogen-bond donors (Lipinski definition) is 2. The second-order valence-corrected chi connectivity index (χ2v) is 6.20. The molecule has 0 saturated carbocycles. The quantitative estimate of drug-likeness (QED) is 0.827. The zero-order valence-electron chi connectivity index (χ0n) is 14.7. The van der Waals surface area contributed by atoms with Crippen molar-refractivity contribution >= 4 is 11.8 Å². The average molecular weight is 333 g/mol. The van der Waals surface area contributed by atoms with Crippen LogP contribution in [0.4, 0.5) is 0 Å². The molecule has 2 atom stereocenters. The lowest BCUT2D eigenvalue weighted by atomic mass is 10.0. The molecule has 1 aliphatic rings. The van der Waals surface area contributed by atoms with Gasteiger partial charge in [-0.15, -0.1) is 0 Å². The van der Waals surface area contributed by atoms with Gasteiger partial charge in [0.2, 0.25) is 11.8 Å². The van der Waals surface area contributed by atoms with Gasteiger partial charge in [-0.1, -0.05) is 12.1 Å². The molecule has 0 spiro atoms. The molecule has 0 bridgehead atoms. The van der Waals surface area contributed by atoms with Crippen molar-refractivity contribution in [3.05, 3.63) is 29.8 Å². The number of rotatable bonds is 6. The number of nitrogens with zero attached hydrogens (tertiary/aromatic N) is 1. The SMILES string of the molecule is CN[C@@H]1CCCN(C(=O)C[C@@H](NC(C)=O)c2ccc(OC)cc2)C1. The third-order valence-electron chi connectivity index (χ3n) is 4.46. The highest BCUT2D eigenvalue weighted by molar-refractivity contribution is 5.79. The van der Waals surface area contributed by atoms with Crippen LogP contribution in [0.3, 0.4) is 0 Å².